The Morgan fingerprint density at radius 1 is 1.20 bits per heavy atom. The van der Waals surface area contributed by atoms with Crippen LogP contribution in [0.4, 0.5) is 10.6 Å². The summed E-state index contributed by atoms with van der Waals surface area (Å²) in [4.78, 5) is 50.6. The number of fused-ring (bicyclic) bond motifs is 2. The molecule has 3 aliphatic rings. The van der Waals surface area contributed by atoms with Gasteiger partial charge in [0.25, 0.3) is 7.41 Å². The van der Waals surface area contributed by atoms with E-state index in [0.29, 0.717) is 39.2 Å². The zero-order valence-corrected chi connectivity index (χ0v) is 19.5. The van der Waals surface area contributed by atoms with Crippen molar-refractivity contribution < 1.29 is 19.2 Å². The highest BCUT2D eigenvalue weighted by Crippen LogP contribution is 2.31. The second kappa shape index (κ2) is 10.4. The van der Waals surface area contributed by atoms with Gasteiger partial charge in [0, 0.05) is 19.3 Å². The Labute approximate surface area is 205 Å². The maximum atomic E-state index is 13.0. The normalized spacial score (nSPS) is 22.1. The molecule has 1 N–H and O–H groups in total. The molecule has 9 nitrogen and oxygen atoms in total. The fourth-order valence-electron chi connectivity index (χ4n) is 4.90. The zero-order valence-electron chi connectivity index (χ0n) is 19.5. The molecule has 2 atom stereocenters. The van der Waals surface area contributed by atoms with E-state index in [1.165, 1.54) is 10.6 Å². The molecular formula is C25H28BN5O4. The lowest BCUT2D eigenvalue weighted by atomic mass is 9.90. The molecule has 35 heavy (non-hydrogen) atoms. The van der Waals surface area contributed by atoms with Gasteiger partial charge < -0.3 is 19.8 Å². The number of pyridine rings is 1. The van der Waals surface area contributed by atoms with E-state index in [4.69, 9.17) is 4.84 Å². The summed E-state index contributed by atoms with van der Waals surface area (Å²) in [5.41, 5.74) is 3.19. The van der Waals surface area contributed by atoms with Crippen LogP contribution in [0.15, 0.2) is 54.7 Å². The number of carbonyl (C=O) groups excluding carboxylic acids is 3. The lowest BCUT2D eigenvalue weighted by Gasteiger charge is -2.29. The van der Waals surface area contributed by atoms with Gasteiger partial charge in [0.05, 0.1) is 12.2 Å². The summed E-state index contributed by atoms with van der Waals surface area (Å²) in [5, 5.41) is 4.30. The van der Waals surface area contributed by atoms with E-state index >= 15 is 0 Å². The van der Waals surface area contributed by atoms with Crippen molar-refractivity contribution in [3.63, 3.8) is 0 Å². The summed E-state index contributed by atoms with van der Waals surface area (Å²) in [6, 6.07) is 12.6. The van der Waals surface area contributed by atoms with Crippen molar-refractivity contribution in [2.75, 3.05) is 25.0 Å². The maximum absolute atomic E-state index is 13.0. The lowest BCUT2D eigenvalue weighted by Crippen LogP contribution is -2.47. The van der Waals surface area contributed by atoms with Gasteiger partial charge in [0.2, 0.25) is 5.91 Å². The smallest absolute Gasteiger partial charge is 0.335 e. The van der Waals surface area contributed by atoms with Crippen LogP contribution in [0.2, 0.25) is 0 Å². The van der Waals surface area contributed by atoms with Crippen LogP contribution in [0.3, 0.4) is 0 Å². The Bertz CT molecular complexity index is 1110. The number of nitrogens with zero attached hydrogens (tertiary/aromatic N) is 4. The second-order valence-corrected chi connectivity index (χ2v) is 9.09. The van der Waals surface area contributed by atoms with Crippen molar-refractivity contribution in [2.45, 2.75) is 38.0 Å². The van der Waals surface area contributed by atoms with E-state index < -0.39 is 6.04 Å². The van der Waals surface area contributed by atoms with Crippen LogP contribution in [-0.4, -0.2) is 77.0 Å². The van der Waals surface area contributed by atoms with Gasteiger partial charge in [0.15, 0.2) is 0 Å². The first-order valence-electron chi connectivity index (χ1n) is 12.0. The fraction of sp³-hybridized carbons (Fsp3) is 0.360. The number of hydrogen-bond donors (Lipinski definition) is 1. The Kier molecular flexibility index (Phi) is 6.92. The molecule has 2 saturated heterocycles. The van der Waals surface area contributed by atoms with Crippen LogP contribution in [0.5, 0.6) is 0 Å². The van der Waals surface area contributed by atoms with Gasteiger partial charge in [-0.1, -0.05) is 36.4 Å². The molecule has 180 valence electrons. The number of benzene rings is 1. The summed E-state index contributed by atoms with van der Waals surface area (Å²) >= 11 is 0. The summed E-state index contributed by atoms with van der Waals surface area (Å²) in [6.07, 6.45) is 6.94. The minimum Gasteiger partial charge on any atom is -0.335 e. The quantitative estimate of drug-likeness (QED) is 0.466. The molecule has 5 rings (SSSR count). The van der Waals surface area contributed by atoms with Crippen molar-refractivity contribution in [3.05, 3.63) is 65.9 Å². The second-order valence-electron chi connectivity index (χ2n) is 9.09. The van der Waals surface area contributed by atoms with E-state index in [9.17, 15) is 14.4 Å². The van der Waals surface area contributed by atoms with Gasteiger partial charge in [-0.25, -0.2) is 9.78 Å². The van der Waals surface area contributed by atoms with E-state index in [1.807, 2.05) is 36.4 Å². The molecule has 0 spiro atoms. The molecular weight excluding hydrogens is 445 g/mol. The predicted molar refractivity (Wildman–Crippen MR) is 133 cm³/mol. The summed E-state index contributed by atoms with van der Waals surface area (Å²) in [7, 11) is 0.450. The zero-order chi connectivity index (χ0) is 24.2. The van der Waals surface area contributed by atoms with Crippen molar-refractivity contribution >= 4 is 36.9 Å². The SMILES string of the molecule is O=CBN1CC=C(c2ccc(NC(=O)[C@@H]3CC[C@@H]4CN3C(=O)N4OCc3ccccc3)nc2)CC1. The third-order valence-electron chi connectivity index (χ3n) is 6.85. The van der Waals surface area contributed by atoms with Crippen LogP contribution in [0.25, 0.3) is 5.57 Å². The topological polar surface area (TPSA) is 95.1 Å². The third kappa shape index (κ3) is 5.13. The van der Waals surface area contributed by atoms with E-state index in [1.54, 1.807) is 17.2 Å². The van der Waals surface area contributed by atoms with Crippen molar-refractivity contribution in [1.29, 1.82) is 0 Å². The molecule has 0 unspecified atom stereocenters. The minimum absolute atomic E-state index is 0.0427. The molecule has 10 heteroatoms. The molecule has 0 aliphatic carbocycles. The summed E-state index contributed by atoms with van der Waals surface area (Å²) in [5.74, 6) is 0.229. The van der Waals surface area contributed by atoms with Gasteiger partial charge in [-0.05, 0) is 54.6 Å². The number of urea groups is 1. The molecule has 2 fully saturated rings. The lowest BCUT2D eigenvalue weighted by molar-refractivity contribution is -0.140. The summed E-state index contributed by atoms with van der Waals surface area (Å²) < 4.78 is 0. The number of carbonyl (C=O) groups is 3. The van der Waals surface area contributed by atoms with Crippen LogP contribution < -0.4 is 5.32 Å². The molecule has 1 aromatic carbocycles. The average molecular weight is 473 g/mol. The van der Waals surface area contributed by atoms with Gasteiger partial charge >= 0.3 is 6.03 Å². The van der Waals surface area contributed by atoms with Gasteiger partial charge in [-0.15, -0.1) is 0 Å². The number of nitrogens with one attached hydrogen (secondary N) is 1. The number of aromatic nitrogens is 1. The third-order valence-corrected chi connectivity index (χ3v) is 6.85. The minimum atomic E-state index is -0.546. The Hall–Kier alpha value is -3.50. The van der Waals surface area contributed by atoms with Crippen LogP contribution in [0.1, 0.15) is 30.4 Å². The highest BCUT2D eigenvalue weighted by molar-refractivity contribution is 6.64. The highest BCUT2D eigenvalue weighted by atomic mass is 16.7. The monoisotopic (exact) mass is 473 g/mol. The average Bonchev–Trinajstić information content (AvgIpc) is 3.13. The molecule has 4 heterocycles. The standard InChI is InChI=1S/C25H28BN5O4/c32-17-26-29-12-10-19(11-13-29)20-6-9-23(27-14-20)28-24(33)22-8-7-21-15-30(22)25(34)31(21)35-16-18-4-2-1-3-5-18/h1-6,9-10,14,17,21-22,26H,7-8,11-13,15-16H2,(H,27,28,33)/t21-,22+/m1/s1. The van der Waals surface area contributed by atoms with Gasteiger partial charge in [-0.2, -0.15) is 5.06 Å². The number of rotatable bonds is 8. The molecule has 3 amide bonds. The van der Waals surface area contributed by atoms with E-state index in [0.717, 1.165) is 36.8 Å². The molecule has 2 aromatic rings. The largest absolute Gasteiger partial charge is 0.345 e. The maximum Gasteiger partial charge on any atom is 0.345 e. The summed E-state index contributed by atoms with van der Waals surface area (Å²) in [6.45, 7) is 2.37. The first-order chi connectivity index (χ1) is 17.1. The predicted octanol–water partition coefficient (Wildman–Crippen LogP) is 2.05. The molecule has 3 aliphatic heterocycles. The van der Waals surface area contributed by atoms with Gasteiger partial charge in [0.1, 0.15) is 18.5 Å². The molecule has 2 bridgehead atoms. The van der Waals surface area contributed by atoms with Crippen molar-refractivity contribution in [3.8, 4) is 0 Å². The first-order valence-corrected chi connectivity index (χ1v) is 12.0. The van der Waals surface area contributed by atoms with Crippen LogP contribution in [-0.2, 0) is 21.0 Å². The first kappa shape index (κ1) is 23.3. The molecule has 0 radical (unpaired) electrons. The van der Waals surface area contributed by atoms with Crippen molar-refractivity contribution in [2.24, 2.45) is 0 Å². The Morgan fingerprint density at radius 2 is 2.06 bits per heavy atom. The fourth-order valence-corrected chi connectivity index (χ4v) is 4.90. The highest BCUT2D eigenvalue weighted by Gasteiger charge is 2.48. The van der Waals surface area contributed by atoms with Crippen LogP contribution in [0, 0.1) is 0 Å². The number of amides is 3. The number of hydroxylamine groups is 2. The molecule has 1 aromatic heterocycles. The van der Waals surface area contributed by atoms with E-state index in [2.05, 4.69) is 21.2 Å². The number of hydrogen-bond acceptors (Lipinski definition) is 6. The van der Waals surface area contributed by atoms with Gasteiger partial charge in [-0.3, -0.25) is 9.63 Å². The number of anilines is 1. The van der Waals surface area contributed by atoms with Crippen molar-refractivity contribution in [1.82, 2.24) is 19.8 Å². The number of piperidine rings is 1. The molecule has 0 saturated carbocycles. The Balaban J connectivity index is 1.17. The Morgan fingerprint density at radius 3 is 2.77 bits per heavy atom. The van der Waals surface area contributed by atoms with Crippen LogP contribution >= 0.6 is 0 Å². The van der Waals surface area contributed by atoms with E-state index in [-0.39, 0.29) is 18.0 Å².